The monoisotopic (exact) mass is 349 g/mol. The molecule has 3 rings (SSSR count). The maximum atomic E-state index is 12.5. The number of likely N-dealkylation sites (tertiary alicyclic amines) is 1. The summed E-state index contributed by atoms with van der Waals surface area (Å²) in [6, 6.07) is 8.12. The fourth-order valence-electron chi connectivity index (χ4n) is 3.23. The lowest BCUT2D eigenvalue weighted by molar-refractivity contribution is 0.0214. The first-order valence-corrected chi connectivity index (χ1v) is 8.92. The Morgan fingerprint density at radius 1 is 1.38 bits per heavy atom. The summed E-state index contributed by atoms with van der Waals surface area (Å²) in [5.74, 6) is 1.20. The number of fused-ring (bicyclic) bond motifs is 1. The molecule has 1 aromatic carbocycles. The molecular formula is C18H24ClN3O2. The lowest BCUT2D eigenvalue weighted by Crippen LogP contribution is -2.41. The van der Waals surface area contributed by atoms with Gasteiger partial charge < -0.3 is 14.2 Å². The Morgan fingerprint density at radius 2 is 2.12 bits per heavy atom. The summed E-state index contributed by atoms with van der Waals surface area (Å²) >= 11 is 6.09. The number of hydrogen-bond acceptors (Lipinski definition) is 3. The van der Waals surface area contributed by atoms with Gasteiger partial charge in [-0.15, -0.1) is 11.6 Å². The van der Waals surface area contributed by atoms with Gasteiger partial charge in [0.05, 0.1) is 23.0 Å². The van der Waals surface area contributed by atoms with Crippen LogP contribution in [0.25, 0.3) is 11.0 Å². The van der Waals surface area contributed by atoms with Gasteiger partial charge in [-0.2, -0.15) is 0 Å². The van der Waals surface area contributed by atoms with E-state index < -0.39 is 5.60 Å². The molecule has 1 aliphatic heterocycles. The van der Waals surface area contributed by atoms with Crippen LogP contribution in [-0.4, -0.2) is 38.7 Å². The second kappa shape index (κ2) is 6.63. The Bertz CT molecular complexity index is 735. The summed E-state index contributed by atoms with van der Waals surface area (Å²) in [6.45, 7) is 7.12. The first-order valence-electron chi connectivity index (χ1n) is 8.39. The molecule has 0 aliphatic carbocycles. The number of aromatic nitrogens is 2. The Balaban J connectivity index is 1.84. The van der Waals surface area contributed by atoms with Crippen molar-refractivity contribution in [3.05, 3.63) is 30.1 Å². The van der Waals surface area contributed by atoms with E-state index in [-0.39, 0.29) is 12.1 Å². The molecule has 1 atom stereocenters. The van der Waals surface area contributed by atoms with Crippen molar-refractivity contribution < 1.29 is 9.53 Å². The molecule has 24 heavy (non-hydrogen) atoms. The number of ether oxygens (including phenoxy) is 1. The van der Waals surface area contributed by atoms with Crippen LogP contribution < -0.4 is 0 Å². The van der Waals surface area contributed by atoms with Crippen molar-refractivity contribution in [3.8, 4) is 0 Å². The van der Waals surface area contributed by atoms with E-state index in [0.29, 0.717) is 12.4 Å². The second-order valence-electron chi connectivity index (χ2n) is 7.23. The van der Waals surface area contributed by atoms with Gasteiger partial charge in [-0.3, -0.25) is 0 Å². The van der Waals surface area contributed by atoms with Crippen molar-refractivity contribution in [2.75, 3.05) is 6.54 Å². The number of benzene rings is 1. The van der Waals surface area contributed by atoms with Gasteiger partial charge in [0.1, 0.15) is 11.4 Å². The smallest absolute Gasteiger partial charge is 0.410 e. The molecule has 1 fully saturated rings. The predicted octanol–water partition coefficient (Wildman–Crippen LogP) is 4.17. The van der Waals surface area contributed by atoms with Crippen molar-refractivity contribution in [2.45, 2.75) is 57.7 Å². The molecule has 1 amide bonds. The summed E-state index contributed by atoms with van der Waals surface area (Å²) in [5.41, 5.74) is 1.52. The molecule has 1 aliphatic rings. The van der Waals surface area contributed by atoms with Gasteiger partial charge in [-0.1, -0.05) is 12.1 Å². The molecule has 0 radical (unpaired) electrons. The van der Waals surface area contributed by atoms with Gasteiger partial charge in [-0.25, -0.2) is 9.78 Å². The van der Waals surface area contributed by atoms with Crippen LogP contribution in [-0.2, 0) is 17.2 Å². The number of hydrogen-bond donors (Lipinski definition) is 0. The average molecular weight is 350 g/mol. The third-order valence-corrected chi connectivity index (χ3v) is 4.49. The fraction of sp³-hybridized carbons (Fsp3) is 0.556. The van der Waals surface area contributed by atoms with Gasteiger partial charge in [0.25, 0.3) is 0 Å². The standard InChI is InChI=1S/C18H24ClN3O2/c1-18(2,3)24-17(23)21-10-6-7-13(21)12-22-15-9-5-4-8-14(15)20-16(22)11-19/h4-5,8-9,13H,6-7,10-12H2,1-3H3/t13-/m0/s1. The van der Waals surface area contributed by atoms with E-state index in [1.54, 1.807) is 0 Å². The first-order chi connectivity index (χ1) is 11.4. The van der Waals surface area contributed by atoms with E-state index in [0.717, 1.165) is 36.2 Å². The highest BCUT2D eigenvalue weighted by Crippen LogP contribution is 2.25. The fourth-order valence-corrected chi connectivity index (χ4v) is 3.43. The average Bonchev–Trinajstić information content (AvgIpc) is 3.11. The summed E-state index contributed by atoms with van der Waals surface area (Å²) in [6.07, 6.45) is 1.72. The second-order valence-corrected chi connectivity index (χ2v) is 7.50. The molecule has 5 nitrogen and oxygen atoms in total. The van der Waals surface area contributed by atoms with Crippen molar-refractivity contribution in [1.29, 1.82) is 0 Å². The molecule has 0 unspecified atom stereocenters. The number of carbonyl (C=O) groups is 1. The molecule has 0 bridgehead atoms. The Kier molecular flexibility index (Phi) is 4.72. The van der Waals surface area contributed by atoms with Crippen molar-refractivity contribution in [1.82, 2.24) is 14.5 Å². The van der Waals surface area contributed by atoms with Gasteiger partial charge >= 0.3 is 6.09 Å². The SMILES string of the molecule is CC(C)(C)OC(=O)N1CCC[C@H]1Cn1c(CCl)nc2ccccc21. The summed E-state index contributed by atoms with van der Waals surface area (Å²) < 4.78 is 7.69. The van der Waals surface area contributed by atoms with E-state index in [9.17, 15) is 4.79 Å². The van der Waals surface area contributed by atoms with Crippen LogP contribution in [0.15, 0.2) is 24.3 Å². The lowest BCUT2D eigenvalue weighted by atomic mass is 10.2. The number of para-hydroxylation sites is 2. The summed E-state index contributed by atoms with van der Waals surface area (Å²) in [5, 5.41) is 0. The highest BCUT2D eigenvalue weighted by atomic mass is 35.5. The minimum absolute atomic E-state index is 0.111. The van der Waals surface area contributed by atoms with Crippen molar-refractivity contribution in [2.24, 2.45) is 0 Å². The lowest BCUT2D eigenvalue weighted by Gasteiger charge is -2.29. The Hall–Kier alpha value is -1.75. The number of nitrogens with zero attached hydrogens (tertiary/aromatic N) is 3. The van der Waals surface area contributed by atoms with Crippen LogP contribution in [0, 0.1) is 0 Å². The van der Waals surface area contributed by atoms with Crippen LogP contribution in [0.1, 0.15) is 39.4 Å². The first kappa shape index (κ1) is 17.1. The van der Waals surface area contributed by atoms with Gasteiger partial charge in [-0.05, 0) is 45.7 Å². The molecule has 2 heterocycles. The maximum Gasteiger partial charge on any atom is 0.410 e. The van der Waals surface area contributed by atoms with Gasteiger partial charge in [0, 0.05) is 13.1 Å². The van der Waals surface area contributed by atoms with E-state index >= 15 is 0 Å². The minimum Gasteiger partial charge on any atom is -0.444 e. The maximum absolute atomic E-state index is 12.5. The van der Waals surface area contributed by atoms with E-state index in [1.807, 2.05) is 49.9 Å². The van der Waals surface area contributed by atoms with Gasteiger partial charge in [0.2, 0.25) is 0 Å². The third kappa shape index (κ3) is 3.51. The number of imidazole rings is 1. The van der Waals surface area contributed by atoms with Crippen LogP contribution in [0.2, 0.25) is 0 Å². The molecule has 130 valence electrons. The van der Waals surface area contributed by atoms with E-state index in [2.05, 4.69) is 9.55 Å². The molecule has 0 spiro atoms. The van der Waals surface area contributed by atoms with Crippen LogP contribution in [0.3, 0.4) is 0 Å². The number of halogens is 1. The molecule has 2 aromatic rings. The van der Waals surface area contributed by atoms with E-state index in [1.165, 1.54) is 0 Å². The van der Waals surface area contributed by atoms with Crippen LogP contribution in [0.5, 0.6) is 0 Å². The summed E-state index contributed by atoms with van der Waals surface area (Å²) in [4.78, 5) is 18.9. The molecule has 1 saturated heterocycles. The highest BCUT2D eigenvalue weighted by Gasteiger charge is 2.33. The Labute approximate surface area is 147 Å². The zero-order valence-corrected chi connectivity index (χ0v) is 15.2. The third-order valence-electron chi connectivity index (χ3n) is 4.25. The van der Waals surface area contributed by atoms with Crippen molar-refractivity contribution in [3.63, 3.8) is 0 Å². The molecule has 1 aromatic heterocycles. The summed E-state index contributed by atoms with van der Waals surface area (Å²) in [7, 11) is 0. The highest BCUT2D eigenvalue weighted by molar-refractivity contribution is 6.16. The van der Waals surface area contributed by atoms with Gasteiger partial charge in [0.15, 0.2) is 0 Å². The zero-order valence-electron chi connectivity index (χ0n) is 14.5. The number of rotatable bonds is 3. The van der Waals surface area contributed by atoms with Crippen LogP contribution in [0.4, 0.5) is 4.79 Å². The minimum atomic E-state index is -0.479. The normalized spacial score (nSPS) is 18.3. The Morgan fingerprint density at radius 3 is 2.83 bits per heavy atom. The molecule has 6 heteroatoms. The number of amides is 1. The van der Waals surface area contributed by atoms with Crippen molar-refractivity contribution >= 4 is 28.7 Å². The number of carbonyl (C=O) groups excluding carboxylic acids is 1. The zero-order chi connectivity index (χ0) is 17.3. The number of alkyl halides is 1. The van der Waals surface area contributed by atoms with E-state index in [4.69, 9.17) is 16.3 Å². The molecule has 0 N–H and O–H groups in total. The predicted molar refractivity (Wildman–Crippen MR) is 95.3 cm³/mol. The quantitative estimate of drug-likeness (QED) is 0.781. The van der Waals surface area contributed by atoms with Crippen LogP contribution >= 0.6 is 11.6 Å². The topological polar surface area (TPSA) is 47.4 Å². The largest absolute Gasteiger partial charge is 0.444 e. The molecular weight excluding hydrogens is 326 g/mol. The molecule has 0 saturated carbocycles.